The van der Waals surface area contributed by atoms with Crippen molar-refractivity contribution in [3.63, 3.8) is 0 Å². The van der Waals surface area contributed by atoms with Gasteiger partial charge in [-0.3, -0.25) is 4.90 Å². The molecule has 1 aliphatic rings. The van der Waals surface area contributed by atoms with Gasteiger partial charge in [-0.1, -0.05) is 31.4 Å². The Labute approximate surface area is 158 Å². The molecule has 1 aromatic rings. The van der Waals surface area contributed by atoms with E-state index in [0.717, 1.165) is 25.1 Å². The first-order valence-electron chi connectivity index (χ1n) is 9.95. The summed E-state index contributed by atoms with van der Waals surface area (Å²) in [6.45, 7) is 5.71. The predicted molar refractivity (Wildman–Crippen MR) is 104 cm³/mol. The number of hydrogen-bond acceptors (Lipinski definition) is 5. The SMILES string of the molecule is CCOCCOc1ccc(CN(C)C[C@@H](O)COC2CCCCC2)cc1. The van der Waals surface area contributed by atoms with Crippen molar-refractivity contribution in [3.8, 4) is 5.75 Å². The highest BCUT2D eigenvalue weighted by molar-refractivity contribution is 5.27. The van der Waals surface area contributed by atoms with E-state index in [1.54, 1.807) is 0 Å². The van der Waals surface area contributed by atoms with Crippen molar-refractivity contribution in [1.29, 1.82) is 0 Å². The maximum Gasteiger partial charge on any atom is 0.119 e. The summed E-state index contributed by atoms with van der Waals surface area (Å²) in [4.78, 5) is 2.12. The van der Waals surface area contributed by atoms with Crippen molar-refractivity contribution in [2.75, 3.05) is 40.0 Å². The number of aliphatic hydroxyl groups is 1. The standard InChI is InChI=1S/C21H35NO4/c1-3-24-13-14-25-21-11-9-18(10-12-21)15-22(2)16-19(23)17-26-20-7-5-4-6-8-20/h9-12,19-20,23H,3-8,13-17H2,1-2H3/t19-/m1/s1. The molecule has 0 amide bonds. The largest absolute Gasteiger partial charge is 0.491 e. The molecule has 2 rings (SSSR count). The molecule has 5 nitrogen and oxygen atoms in total. The third kappa shape index (κ3) is 8.49. The van der Waals surface area contributed by atoms with Gasteiger partial charge in [-0.2, -0.15) is 0 Å². The highest BCUT2D eigenvalue weighted by Crippen LogP contribution is 2.20. The lowest BCUT2D eigenvalue weighted by atomic mass is 9.98. The molecule has 0 saturated heterocycles. The van der Waals surface area contributed by atoms with E-state index in [-0.39, 0.29) is 0 Å². The molecule has 1 aromatic carbocycles. The molecular weight excluding hydrogens is 330 g/mol. The molecule has 1 N–H and O–H groups in total. The van der Waals surface area contributed by atoms with Crippen LogP contribution in [0.15, 0.2) is 24.3 Å². The van der Waals surface area contributed by atoms with Crippen molar-refractivity contribution in [3.05, 3.63) is 29.8 Å². The van der Waals surface area contributed by atoms with Crippen LogP contribution in [0.1, 0.15) is 44.6 Å². The lowest BCUT2D eigenvalue weighted by Gasteiger charge is -2.25. The second-order valence-corrected chi connectivity index (χ2v) is 7.13. The van der Waals surface area contributed by atoms with Gasteiger partial charge in [0, 0.05) is 19.7 Å². The van der Waals surface area contributed by atoms with Crippen molar-refractivity contribution < 1.29 is 19.3 Å². The Morgan fingerprint density at radius 1 is 1.12 bits per heavy atom. The van der Waals surface area contributed by atoms with Crippen LogP contribution in [-0.4, -0.2) is 62.2 Å². The topological polar surface area (TPSA) is 51.2 Å². The quantitative estimate of drug-likeness (QED) is 0.576. The van der Waals surface area contributed by atoms with Crippen molar-refractivity contribution in [2.45, 2.75) is 57.8 Å². The van der Waals surface area contributed by atoms with E-state index < -0.39 is 6.10 Å². The van der Waals surface area contributed by atoms with Gasteiger partial charge < -0.3 is 19.3 Å². The summed E-state index contributed by atoms with van der Waals surface area (Å²) in [5.74, 6) is 0.858. The molecule has 0 bridgehead atoms. The average Bonchev–Trinajstić information content (AvgIpc) is 2.66. The number of aliphatic hydroxyl groups excluding tert-OH is 1. The van der Waals surface area contributed by atoms with Crippen LogP contribution in [0.2, 0.25) is 0 Å². The van der Waals surface area contributed by atoms with Gasteiger partial charge in [0.15, 0.2) is 0 Å². The van der Waals surface area contributed by atoms with Gasteiger partial charge in [-0.05, 0) is 44.5 Å². The second kappa shape index (κ2) is 12.3. The molecule has 1 fully saturated rings. The second-order valence-electron chi connectivity index (χ2n) is 7.13. The first-order valence-corrected chi connectivity index (χ1v) is 9.95. The Hall–Kier alpha value is -1.14. The Bertz CT molecular complexity index is 473. The molecule has 1 atom stereocenters. The third-order valence-electron chi connectivity index (χ3n) is 4.68. The van der Waals surface area contributed by atoms with E-state index in [1.165, 1.54) is 24.8 Å². The average molecular weight is 366 g/mol. The summed E-state index contributed by atoms with van der Waals surface area (Å²) >= 11 is 0. The van der Waals surface area contributed by atoms with Crippen molar-refractivity contribution in [1.82, 2.24) is 4.90 Å². The Morgan fingerprint density at radius 3 is 2.54 bits per heavy atom. The van der Waals surface area contributed by atoms with E-state index >= 15 is 0 Å². The van der Waals surface area contributed by atoms with Gasteiger partial charge in [0.2, 0.25) is 0 Å². The fourth-order valence-electron chi connectivity index (χ4n) is 3.32. The van der Waals surface area contributed by atoms with E-state index in [9.17, 15) is 5.11 Å². The van der Waals surface area contributed by atoms with E-state index in [4.69, 9.17) is 14.2 Å². The van der Waals surface area contributed by atoms with E-state index in [0.29, 0.717) is 39.1 Å². The highest BCUT2D eigenvalue weighted by atomic mass is 16.5. The summed E-state index contributed by atoms with van der Waals surface area (Å²) in [6.07, 6.45) is 6.02. The Kier molecular flexibility index (Phi) is 10.00. The van der Waals surface area contributed by atoms with Crippen molar-refractivity contribution >= 4 is 0 Å². The smallest absolute Gasteiger partial charge is 0.119 e. The van der Waals surface area contributed by atoms with Gasteiger partial charge in [-0.25, -0.2) is 0 Å². The Balaban J connectivity index is 1.63. The van der Waals surface area contributed by atoms with E-state index in [1.807, 2.05) is 26.1 Å². The molecule has 1 aliphatic carbocycles. The fraction of sp³-hybridized carbons (Fsp3) is 0.714. The summed E-state index contributed by atoms with van der Waals surface area (Å²) in [5.41, 5.74) is 1.20. The lowest BCUT2D eigenvalue weighted by Crippen LogP contribution is -2.33. The van der Waals surface area contributed by atoms with Crippen LogP contribution < -0.4 is 4.74 Å². The normalized spacial score (nSPS) is 16.8. The fourth-order valence-corrected chi connectivity index (χ4v) is 3.32. The minimum Gasteiger partial charge on any atom is -0.491 e. The third-order valence-corrected chi connectivity index (χ3v) is 4.68. The van der Waals surface area contributed by atoms with Crippen LogP contribution >= 0.6 is 0 Å². The molecule has 0 unspecified atom stereocenters. The van der Waals surface area contributed by atoms with Gasteiger partial charge in [0.1, 0.15) is 12.4 Å². The lowest BCUT2D eigenvalue weighted by molar-refractivity contribution is -0.0319. The molecule has 148 valence electrons. The van der Waals surface area contributed by atoms with Gasteiger partial charge >= 0.3 is 0 Å². The molecule has 0 heterocycles. The Morgan fingerprint density at radius 2 is 1.85 bits per heavy atom. The molecule has 5 heteroatoms. The summed E-state index contributed by atoms with van der Waals surface area (Å²) in [6, 6.07) is 8.10. The highest BCUT2D eigenvalue weighted by Gasteiger charge is 2.16. The molecule has 1 saturated carbocycles. The number of rotatable bonds is 12. The van der Waals surface area contributed by atoms with Crippen LogP contribution in [0.5, 0.6) is 5.75 Å². The summed E-state index contributed by atoms with van der Waals surface area (Å²) in [5, 5.41) is 10.2. The van der Waals surface area contributed by atoms with E-state index in [2.05, 4.69) is 17.0 Å². The zero-order valence-electron chi connectivity index (χ0n) is 16.4. The summed E-state index contributed by atoms with van der Waals surface area (Å²) < 4.78 is 16.8. The molecule has 0 radical (unpaired) electrons. The molecule has 26 heavy (non-hydrogen) atoms. The zero-order chi connectivity index (χ0) is 18.6. The monoisotopic (exact) mass is 365 g/mol. The number of hydrogen-bond donors (Lipinski definition) is 1. The van der Waals surface area contributed by atoms with Gasteiger partial charge in [0.25, 0.3) is 0 Å². The molecule has 0 aromatic heterocycles. The number of likely N-dealkylation sites (N-methyl/N-ethyl adjacent to an activating group) is 1. The summed E-state index contributed by atoms with van der Waals surface area (Å²) in [7, 11) is 2.02. The van der Waals surface area contributed by atoms with Crippen LogP contribution in [-0.2, 0) is 16.0 Å². The predicted octanol–water partition coefficient (Wildman–Crippen LogP) is 3.24. The number of ether oxygens (including phenoxy) is 3. The van der Waals surface area contributed by atoms with Crippen LogP contribution in [0.4, 0.5) is 0 Å². The van der Waals surface area contributed by atoms with Crippen LogP contribution in [0.25, 0.3) is 0 Å². The maximum absolute atomic E-state index is 10.2. The van der Waals surface area contributed by atoms with Crippen molar-refractivity contribution in [2.24, 2.45) is 0 Å². The number of benzene rings is 1. The molecule has 0 spiro atoms. The number of nitrogens with zero attached hydrogens (tertiary/aromatic N) is 1. The van der Waals surface area contributed by atoms with Crippen LogP contribution in [0, 0.1) is 0 Å². The minimum atomic E-state index is -0.442. The van der Waals surface area contributed by atoms with Gasteiger partial charge in [-0.15, -0.1) is 0 Å². The first-order chi connectivity index (χ1) is 12.7. The zero-order valence-corrected chi connectivity index (χ0v) is 16.4. The molecular formula is C21H35NO4. The first kappa shape index (κ1) is 21.2. The molecule has 0 aliphatic heterocycles. The minimum absolute atomic E-state index is 0.346. The maximum atomic E-state index is 10.2. The van der Waals surface area contributed by atoms with Crippen LogP contribution in [0.3, 0.4) is 0 Å². The van der Waals surface area contributed by atoms with Gasteiger partial charge in [0.05, 0.1) is 25.4 Å².